The van der Waals surface area contributed by atoms with E-state index in [0.717, 1.165) is 33.8 Å². The van der Waals surface area contributed by atoms with E-state index in [0.29, 0.717) is 24.1 Å². The molecule has 2 aromatic carbocycles. The number of thiazole rings is 1. The Hall–Kier alpha value is -3.10. The summed E-state index contributed by atoms with van der Waals surface area (Å²) in [6, 6.07) is 14.0. The van der Waals surface area contributed by atoms with E-state index < -0.39 is 0 Å². The van der Waals surface area contributed by atoms with E-state index in [2.05, 4.69) is 36.9 Å². The number of hydrazone groups is 1. The summed E-state index contributed by atoms with van der Waals surface area (Å²) in [5, 5.41) is 5.47. The van der Waals surface area contributed by atoms with Gasteiger partial charge in [-0.25, -0.2) is 10.8 Å². The van der Waals surface area contributed by atoms with Gasteiger partial charge in [0.25, 0.3) is 0 Å². The molecule has 6 N–H and O–H groups in total. The number of para-hydroxylation sites is 1. The average Bonchev–Trinajstić information content (AvgIpc) is 3.10. The molecule has 3 rings (SSSR count). The first-order chi connectivity index (χ1) is 14.4. The molecule has 7 nitrogen and oxygen atoms in total. The number of ether oxygens (including phenoxy) is 1. The van der Waals surface area contributed by atoms with Gasteiger partial charge in [0.05, 0.1) is 18.0 Å². The lowest BCUT2D eigenvalue weighted by Gasteiger charge is -2.17. The van der Waals surface area contributed by atoms with Crippen molar-refractivity contribution < 1.29 is 4.74 Å². The van der Waals surface area contributed by atoms with Gasteiger partial charge in [-0.2, -0.15) is 5.10 Å². The zero-order chi connectivity index (χ0) is 21.7. The normalized spacial score (nSPS) is 11.4. The van der Waals surface area contributed by atoms with Gasteiger partial charge >= 0.3 is 0 Å². The minimum Gasteiger partial charge on any atom is -0.493 e. The first-order valence-electron chi connectivity index (χ1n) is 9.75. The van der Waals surface area contributed by atoms with Gasteiger partial charge in [0.1, 0.15) is 12.1 Å². The lowest BCUT2D eigenvalue weighted by Crippen LogP contribution is -2.30. The van der Waals surface area contributed by atoms with Crippen LogP contribution in [0.4, 0.5) is 10.8 Å². The molecule has 30 heavy (non-hydrogen) atoms. The van der Waals surface area contributed by atoms with Crippen LogP contribution in [0.15, 0.2) is 47.6 Å². The molecule has 158 valence electrons. The van der Waals surface area contributed by atoms with Crippen molar-refractivity contribution in [1.82, 2.24) is 4.98 Å². The smallest absolute Gasteiger partial charge is 0.180 e. The maximum Gasteiger partial charge on any atom is 0.180 e. The number of nitrogens with two attached hydrogens (primary N) is 3. The third-order valence-electron chi connectivity index (χ3n) is 4.62. The monoisotopic (exact) mass is 424 g/mol. The summed E-state index contributed by atoms with van der Waals surface area (Å²) in [7, 11) is 0. The Morgan fingerprint density at radius 1 is 1.23 bits per heavy atom. The second-order valence-electron chi connectivity index (χ2n) is 7.35. The van der Waals surface area contributed by atoms with Crippen LogP contribution < -0.4 is 27.2 Å². The van der Waals surface area contributed by atoms with Crippen molar-refractivity contribution in [2.24, 2.45) is 16.8 Å². The molecule has 0 unspecified atom stereocenters. The number of benzene rings is 2. The highest BCUT2D eigenvalue weighted by atomic mass is 32.1. The molecule has 1 aromatic heterocycles. The van der Waals surface area contributed by atoms with Crippen molar-refractivity contribution in [2.75, 3.05) is 17.3 Å². The van der Waals surface area contributed by atoms with E-state index in [-0.39, 0.29) is 0 Å². The largest absolute Gasteiger partial charge is 0.493 e. The quantitative estimate of drug-likeness (QED) is 0.218. The number of anilines is 2. The van der Waals surface area contributed by atoms with Crippen LogP contribution in [0.1, 0.15) is 35.8 Å². The lowest BCUT2D eigenvalue weighted by molar-refractivity contribution is 0.322. The van der Waals surface area contributed by atoms with Crippen LogP contribution in [-0.2, 0) is 6.42 Å². The fourth-order valence-corrected chi connectivity index (χ4v) is 4.16. The second-order valence-corrected chi connectivity index (χ2v) is 8.42. The number of hydrazine groups is 1. The summed E-state index contributed by atoms with van der Waals surface area (Å²) < 4.78 is 6.08. The summed E-state index contributed by atoms with van der Waals surface area (Å²) in [5.74, 6) is 12.3. The van der Waals surface area contributed by atoms with Crippen molar-refractivity contribution in [3.05, 3.63) is 58.5 Å². The summed E-state index contributed by atoms with van der Waals surface area (Å²) in [6.07, 6.45) is 2.06. The Morgan fingerprint density at radius 2 is 2.00 bits per heavy atom. The molecular formula is C22H28N6OS. The first-order valence-corrected chi connectivity index (χ1v) is 10.6. The summed E-state index contributed by atoms with van der Waals surface area (Å²) in [5.41, 5.74) is 10.9. The van der Waals surface area contributed by atoms with E-state index >= 15 is 0 Å². The Bertz CT molecular complexity index is 1030. The van der Waals surface area contributed by atoms with Gasteiger partial charge in [0.15, 0.2) is 5.13 Å². The first kappa shape index (κ1) is 21.6. The third-order valence-corrected chi connectivity index (χ3v) is 5.80. The zero-order valence-electron chi connectivity index (χ0n) is 17.5. The standard InChI is InChI=1S/C22H28N6OS/c1-14(2)21-20(27-22(23)30-21)17-10-15(3)11-18(12-17)29-9-8-16-6-4-5-7-19(16)28(25)13-26-24/h4-7,10-14H,8-9,24-25H2,1-3H3,(H2,23,27)/b26-13-. The number of rotatable bonds is 8. The van der Waals surface area contributed by atoms with E-state index in [1.54, 1.807) is 11.3 Å². The van der Waals surface area contributed by atoms with E-state index in [1.165, 1.54) is 16.2 Å². The van der Waals surface area contributed by atoms with Gasteiger partial charge in [0, 0.05) is 16.9 Å². The minimum absolute atomic E-state index is 0.354. The molecule has 0 aliphatic carbocycles. The van der Waals surface area contributed by atoms with Crippen molar-refractivity contribution in [2.45, 2.75) is 33.1 Å². The van der Waals surface area contributed by atoms with Crippen molar-refractivity contribution in [1.29, 1.82) is 0 Å². The highest BCUT2D eigenvalue weighted by Crippen LogP contribution is 2.36. The van der Waals surface area contributed by atoms with E-state index in [4.69, 9.17) is 22.2 Å². The molecule has 1 heterocycles. The summed E-state index contributed by atoms with van der Waals surface area (Å²) in [6.45, 7) is 6.85. The Kier molecular flexibility index (Phi) is 6.91. The van der Waals surface area contributed by atoms with Crippen LogP contribution in [0.2, 0.25) is 0 Å². The number of aromatic nitrogens is 1. The fraction of sp³-hybridized carbons (Fsp3) is 0.273. The predicted molar refractivity (Wildman–Crippen MR) is 126 cm³/mol. The Morgan fingerprint density at radius 3 is 2.73 bits per heavy atom. The molecule has 0 atom stereocenters. The van der Waals surface area contributed by atoms with Crippen molar-refractivity contribution in [3.8, 4) is 17.0 Å². The average molecular weight is 425 g/mol. The third kappa shape index (κ3) is 5.08. The van der Waals surface area contributed by atoms with E-state index in [9.17, 15) is 0 Å². The number of nitrogen functional groups attached to an aromatic ring is 1. The van der Waals surface area contributed by atoms with Crippen LogP contribution in [0.25, 0.3) is 11.3 Å². The van der Waals surface area contributed by atoms with Crippen LogP contribution in [0, 0.1) is 6.92 Å². The molecule has 8 heteroatoms. The molecule has 0 aliphatic rings. The molecule has 3 aromatic rings. The maximum absolute atomic E-state index is 6.08. The molecule has 0 fully saturated rings. The van der Waals surface area contributed by atoms with Gasteiger partial charge in [-0.3, -0.25) is 5.01 Å². The molecule has 0 spiro atoms. The summed E-state index contributed by atoms with van der Waals surface area (Å²) >= 11 is 1.54. The van der Waals surface area contributed by atoms with Gasteiger partial charge in [-0.1, -0.05) is 32.0 Å². The number of hydrogen-bond donors (Lipinski definition) is 3. The molecule has 0 saturated carbocycles. The zero-order valence-corrected chi connectivity index (χ0v) is 18.3. The summed E-state index contributed by atoms with van der Waals surface area (Å²) in [4.78, 5) is 5.74. The Labute approximate surface area is 181 Å². The topological polar surface area (TPSA) is 116 Å². The number of nitrogens with zero attached hydrogens (tertiary/aromatic N) is 3. The van der Waals surface area contributed by atoms with Gasteiger partial charge in [-0.15, -0.1) is 11.3 Å². The van der Waals surface area contributed by atoms with Crippen LogP contribution in [0.3, 0.4) is 0 Å². The van der Waals surface area contributed by atoms with Gasteiger partial charge < -0.3 is 16.3 Å². The SMILES string of the molecule is Cc1cc(OCCc2ccccc2N(N)/C=N\N)cc(-c2nc(N)sc2C(C)C)c1. The van der Waals surface area contributed by atoms with E-state index in [1.807, 2.05) is 36.4 Å². The highest BCUT2D eigenvalue weighted by Gasteiger charge is 2.16. The van der Waals surface area contributed by atoms with Gasteiger partial charge in [-0.05, 0) is 48.2 Å². The maximum atomic E-state index is 6.08. The highest BCUT2D eigenvalue weighted by molar-refractivity contribution is 7.15. The van der Waals surface area contributed by atoms with Crippen molar-refractivity contribution >= 4 is 28.5 Å². The lowest BCUT2D eigenvalue weighted by atomic mass is 10.0. The van der Waals surface area contributed by atoms with Crippen LogP contribution in [0.5, 0.6) is 5.75 Å². The molecule has 0 saturated heterocycles. The van der Waals surface area contributed by atoms with Gasteiger partial charge in [0.2, 0.25) is 0 Å². The van der Waals surface area contributed by atoms with Crippen LogP contribution >= 0.6 is 11.3 Å². The second kappa shape index (κ2) is 9.60. The number of hydrogen-bond acceptors (Lipinski definition) is 7. The molecule has 0 bridgehead atoms. The van der Waals surface area contributed by atoms with Crippen LogP contribution in [-0.4, -0.2) is 17.9 Å². The molecule has 0 radical (unpaired) electrons. The molecular weight excluding hydrogens is 396 g/mol. The Balaban J connectivity index is 1.77. The predicted octanol–water partition coefficient (Wildman–Crippen LogP) is 4.03. The minimum atomic E-state index is 0.354. The fourth-order valence-electron chi connectivity index (χ4n) is 3.30. The molecule has 0 amide bonds. The number of aryl methyl sites for hydroxylation is 1. The van der Waals surface area contributed by atoms with Crippen molar-refractivity contribution in [3.63, 3.8) is 0 Å². The molecule has 0 aliphatic heterocycles.